The van der Waals surface area contributed by atoms with Gasteiger partial charge < -0.3 is 10.1 Å². The van der Waals surface area contributed by atoms with Crippen molar-refractivity contribution in [3.05, 3.63) is 82.0 Å². The summed E-state index contributed by atoms with van der Waals surface area (Å²) in [6, 6.07) is 19.5. The van der Waals surface area contributed by atoms with Gasteiger partial charge in [-0.3, -0.25) is 9.69 Å². The van der Waals surface area contributed by atoms with Crippen LogP contribution in [0.25, 0.3) is 0 Å². The van der Waals surface area contributed by atoms with Crippen LogP contribution in [0.3, 0.4) is 0 Å². The molecule has 3 aromatic rings. The van der Waals surface area contributed by atoms with Crippen LogP contribution < -0.4 is 10.1 Å². The van der Waals surface area contributed by atoms with Gasteiger partial charge in [0.1, 0.15) is 11.8 Å². The molecule has 0 aliphatic heterocycles. The van der Waals surface area contributed by atoms with Crippen molar-refractivity contribution in [2.45, 2.75) is 26.4 Å². The van der Waals surface area contributed by atoms with Gasteiger partial charge in [-0.05, 0) is 48.2 Å². The maximum absolute atomic E-state index is 13.4. The number of aryl methyl sites for hydroxylation is 1. The molecule has 0 saturated heterocycles. The van der Waals surface area contributed by atoms with E-state index in [4.69, 9.17) is 4.74 Å². The van der Waals surface area contributed by atoms with Crippen LogP contribution in [-0.2, 0) is 11.3 Å². The molecule has 5 heteroatoms. The van der Waals surface area contributed by atoms with Crippen molar-refractivity contribution in [3.63, 3.8) is 0 Å². The standard InChI is InChI=1S/C23H26N2O2S/c1-4-25(16-19-11-8-14-28-19)22(18-9-6-5-7-10-18)23(26)24-20-15-17(2)12-13-21(20)27-3/h5-15,22H,4,16H2,1-3H3,(H,24,26)/t22-/m1/s1. The minimum atomic E-state index is -0.390. The van der Waals surface area contributed by atoms with Gasteiger partial charge in [-0.25, -0.2) is 0 Å². The second kappa shape index (κ2) is 9.53. The van der Waals surface area contributed by atoms with Crippen molar-refractivity contribution in [2.75, 3.05) is 19.0 Å². The number of carbonyl (C=O) groups is 1. The Morgan fingerprint density at radius 3 is 2.57 bits per heavy atom. The maximum atomic E-state index is 13.4. The SMILES string of the molecule is CCN(Cc1cccs1)[C@@H](C(=O)Nc1cc(C)ccc1OC)c1ccccc1. The minimum absolute atomic E-state index is 0.0616. The van der Waals surface area contributed by atoms with E-state index in [0.717, 1.165) is 24.2 Å². The number of rotatable bonds is 8. The van der Waals surface area contributed by atoms with Gasteiger partial charge in [-0.1, -0.05) is 49.4 Å². The van der Waals surface area contributed by atoms with Gasteiger partial charge in [-0.2, -0.15) is 0 Å². The molecular formula is C23H26N2O2S. The largest absolute Gasteiger partial charge is 0.495 e. The first-order valence-corrected chi connectivity index (χ1v) is 10.3. The first-order chi connectivity index (χ1) is 13.6. The zero-order chi connectivity index (χ0) is 19.9. The average Bonchev–Trinajstić information content (AvgIpc) is 3.21. The quantitative estimate of drug-likeness (QED) is 0.566. The molecule has 0 radical (unpaired) electrons. The minimum Gasteiger partial charge on any atom is -0.495 e. The average molecular weight is 395 g/mol. The molecule has 0 fully saturated rings. The molecule has 3 rings (SSSR count). The first kappa shape index (κ1) is 20.1. The van der Waals surface area contributed by atoms with Gasteiger partial charge in [0.2, 0.25) is 5.91 Å². The number of hydrogen-bond donors (Lipinski definition) is 1. The number of nitrogens with zero attached hydrogens (tertiary/aromatic N) is 1. The molecule has 1 heterocycles. The topological polar surface area (TPSA) is 41.6 Å². The van der Waals surface area contributed by atoms with Crippen LogP contribution >= 0.6 is 11.3 Å². The van der Waals surface area contributed by atoms with E-state index in [9.17, 15) is 4.79 Å². The molecule has 146 valence electrons. The third kappa shape index (κ3) is 4.80. The fraction of sp³-hybridized carbons (Fsp3) is 0.261. The lowest BCUT2D eigenvalue weighted by Gasteiger charge is -2.30. The van der Waals surface area contributed by atoms with E-state index in [2.05, 4.69) is 28.6 Å². The lowest BCUT2D eigenvalue weighted by molar-refractivity contribution is -0.121. The molecule has 1 amide bonds. The molecule has 0 aliphatic rings. The summed E-state index contributed by atoms with van der Waals surface area (Å²) in [5, 5.41) is 5.16. The zero-order valence-corrected chi connectivity index (χ0v) is 17.3. The molecule has 0 bridgehead atoms. The van der Waals surface area contributed by atoms with Gasteiger partial charge in [0, 0.05) is 11.4 Å². The number of ether oxygens (including phenoxy) is 1. The monoisotopic (exact) mass is 394 g/mol. The molecule has 1 N–H and O–H groups in total. The summed E-state index contributed by atoms with van der Waals surface area (Å²) in [5.41, 5.74) is 2.74. The Labute approximate surface area is 170 Å². The van der Waals surface area contributed by atoms with Gasteiger partial charge in [0.25, 0.3) is 0 Å². The van der Waals surface area contributed by atoms with Crippen LogP contribution in [0, 0.1) is 6.92 Å². The number of carbonyl (C=O) groups excluding carboxylic acids is 1. The highest BCUT2D eigenvalue weighted by Crippen LogP contribution is 2.29. The third-order valence-corrected chi connectivity index (χ3v) is 5.55. The molecule has 0 aliphatic carbocycles. The summed E-state index contributed by atoms with van der Waals surface area (Å²) < 4.78 is 5.43. The van der Waals surface area contributed by atoms with Crippen LogP contribution in [-0.4, -0.2) is 24.5 Å². The highest BCUT2D eigenvalue weighted by Gasteiger charge is 2.27. The van der Waals surface area contributed by atoms with Gasteiger partial charge in [0.15, 0.2) is 0 Å². The van der Waals surface area contributed by atoms with Gasteiger partial charge in [-0.15, -0.1) is 11.3 Å². The summed E-state index contributed by atoms with van der Waals surface area (Å²) in [6.45, 7) is 5.57. The Balaban J connectivity index is 1.92. The first-order valence-electron chi connectivity index (χ1n) is 9.39. The van der Waals surface area contributed by atoms with E-state index in [1.54, 1.807) is 18.4 Å². The molecule has 1 aromatic heterocycles. The van der Waals surface area contributed by atoms with Crippen LogP contribution in [0.1, 0.15) is 29.0 Å². The van der Waals surface area contributed by atoms with E-state index in [0.29, 0.717) is 11.4 Å². The molecule has 0 unspecified atom stereocenters. The van der Waals surface area contributed by atoms with Crippen LogP contribution in [0.4, 0.5) is 5.69 Å². The summed E-state index contributed by atoms with van der Waals surface area (Å²) >= 11 is 1.71. The summed E-state index contributed by atoms with van der Waals surface area (Å²) in [4.78, 5) is 16.8. The van der Waals surface area contributed by atoms with E-state index in [1.807, 2.05) is 61.5 Å². The lowest BCUT2D eigenvalue weighted by atomic mass is 10.0. The van der Waals surface area contributed by atoms with Crippen LogP contribution in [0.5, 0.6) is 5.75 Å². The number of methoxy groups -OCH3 is 1. The van der Waals surface area contributed by atoms with Crippen molar-refractivity contribution < 1.29 is 9.53 Å². The lowest BCUT2D eigenvalue weighted by Crippen LogP contribution is -2.36. The number of amides is 1. The van der Waals surface area contributed by atoms with E-state index < -0.39 is 6.04 Å². The number of anilines is 1. The number of nitrogens with one attached hydrogen (secondary N) is 1. The number of thiophene rings is 1. The van der Waals surface area contributed by atoms with Gasteiger partial charge in [0.05, 0.1) is 12.8 Å². The maximum Gasteiger partial charge on any atom is 0.246 e. The number of hydrogen-bond acceptors (Lipinski definition) is 4. The second-order valence-corrected chi connectivity index (χ2v) is 7.68. The summed E-state index contributed by atoms with van der Waals surface area (Å²) in [6.07, 6.45) is 0. The van der Waals surface area contributed by atoms with E-state index in [-0.39, 0.29) is 5.91 Å². The summed E-state index contributed by atoms with van der Waals surface area (Å²) in [5.74, 6) is 0.598. The second-order valence-electron chi connectivity index (χ2n) is 6.65. The smallest absolute Gasteiger partial charge is 0.246 e. The van der Waals surface area contributed by atoms with Crippen molar-refractivity contribution >= 4 is 22.9 Å². The molecule has 28 heavy (non-hydrogen) atoms. The highest BCUT2D eigenvalue weighted by atomic mass is 32.1. The zero-order valence-electron chi connectivity index (χ0n) is 16.5. The Morgan fingerprint density at radius 2 is 1.93 bits per heavy atom. The Hall–Kier alpha value is -2.63. The van der Waals surface area contributed by atoms with Crippen molar-refractivity contribution in [3.8, 4) is 5.75 Å². The Bertz CT molecular complexity index is 894. The van der Waals surface area contributed by atoms with Crippen molar-refractivity contribution in [1.82, 2.24) is 4.90 Å². The van der Waals surface area contributed by atoms with E-state index in [1.165, 1.54) is 4.88 Å². The normalized spacial score (nSPS) is 12.0. The molecule has 1 atom stereocenters. The molecular weight excluding hydrogens is 368 g/mol. The molecule has 0 saturated carbocycles. The fourth-order valence-corrected chi connectivity index (χ4v) is 4.00. The fourth-order valence-electron chi connectivity index (χ4n) is 3.27. The Morgan fingerprint density at radius 1 is 1.14 bits per heavy atom. The molecule has 0 spiro atoms. The van der Waals surface area contributed by atoms with E-state index >= 15 is 0 Å². The molecule has 4 nitrogen and oxygen atoms in total. The van der Waals surface area contributed by atoms with Gasteiger partial charge >= 0.3 is 0 Å². The van der Waals surface area contributed by atoms with Crippen molar-refractivity contribution in [1.29, 1.82) is 0 Å². The van der Waals surface area contributed by atoms with Crippen molar-refractivity contribution in [2.24, 2.45) is 0 Å². The molecule has 2 aromatic carbocycles. The highest BCUT2D eigenvalue weighted by molar-refractivity contribution is 7.09. The summed E-state index contributed by atoms with van der Waals surface area (Å²) in [7, 11) is 1.62. The van der Waals surface area contributed by atoms with Crippen LogP contribution in [0.2, 0.25) is 0 Å². The predicted molar refractivity (Wildman–Crippen MR) is 116 cm³/mol. The van der Waals surface area contributed by atoms with Crippen LogP contribution in [0.15, 0.2) is 66.0 Å². The third-order valence-electron chi connectivity index (χ3n) is 4.69. The number of likely N-dealkylation sites (N-methyl/N-ethyl adjacent to an activating group) is 1. The Kier molecular flexibility index (Phi) is 6.85. The predicted octanol–water partition coefficient (Wildman–Crippen LogP) is 5.27. The number of benzene rings is 2.